The molecule has 0 saturated heterocycles. The van der Waals surface area contributed by atoms with Gasteiger partial charge in [-0.3, -0.25) is 0 Å². The van der Waals surface area contributed by atoms with Crippen molar-refractivity contribution in [3.8, 4) is 34.1 Å². The molecule has 198 valence electrons. The Bertz CT molecular complexity index is 2010. The van der Waals surface area contributed by atoms with E-state index < -0.39 is 5.41 Å². The fraction of sp³-hybridized carbons (Fsp3) is 0.0256. The third-order valence-corrected chi connectivity index (χ3v) is 8.23. The van der Waals surface area contributed by atoms with E-state index in [1.807, 2.05) is 36.4 Å². The highest BCUT2D eigenvalue weighted by molar-refractivity contribution is 5.94. The smallest absolute Gasteiger partial charge is 0.164 e. The Balaban J connectivity index is 1.46. The highest BCUT2D eigenvalue weighted by Crippen LogP contribution is 2.57. The first-order valence-electron chi connectivity index (χ1n) is 14.2. The summed E-state index contributed by atoms with van der Waals surface area (Å²) < 4.78 is 6.84. The molecule has 3 heteroatoms. The molecular formula is C39H26N2O. The standard InChI is InChI=1S/C39H26N2O/c1-4-15-27(16-5-1)36-30-21-10-12-25-34(30)40-38(41-36)31-22-14-24-33-37(31)42-35-26-13-11-23-32(35)39(33,28-17-6-2-7-18-28)29-19-8-3-9-20-29/h1-26H. The van der Waals surface area contributed by atoms with Crippen LogP contribution in [0.2, 0.25) is 0 Å². The number of hydrogen-bond donors (Lipinski definition) is 0. The van der Waals surface area contributed by atoms with Crippen LogP contribution in [-0.2, 0) is 5.41 Å². The number of rotatable bonds is 4. The first-order chi connectivity index (χ1) is 20.8. The summed E-state index contributed by atoms with van der Waals surface area (Å²) in [5, 5.41) is 1.02. The van der Waals surface area contributed by atoms with Gasteiger partial charge in [0.1, 0.15) is 11.5 Å². The zero-order chi connectivity index (χ0) is 27.9. The fourth-order valence-electron chi connectivity index (χ4n) is 6.42. The number of fused-ring (bicyclic) bond motifs is 3. The molecule has 0 unspecified atom stereocenters. The molecule has 8 rings (SSSR count). The van der Waals surface area contributed by atoms with Gasteiger partial charge in [-0.25, -0.2) is 9.97 Å². The minimum Gasteiger partial charge on any atom is -0.456 e. The number of ether oxygens (including phenoxy) is 1. The Labute approximate surface area is 244 Å². The molecule has 1 aliphatic rings. The molecule has 0 spiro atoms. The predicted octanol–water partition coefficient (Wildman–Crippen LogP) is 9.45. The van der Waals surface area contributed by atoms with Gasteiger partial charge in [0.05, 0.1) is 22.2 Å². The number of para-hydroxylation sites is 3. The van der Waals surface area contributed by atoms with Gasteiger partial charge >= 0.3 is 0 Å². The third-order valence-electron chi connectivity index (χ3n) is 8.23. The molecule has 2 heterocycles. The lowest BCUT2D eigenvalue weighted by Crippen LogP contribution is -2.34. The summed E-state index contributed by atoms with van der Waals surface area (Å²) in [4.78, 5) is 10.3. The normalized spacial score (nSPS) is 13.1. The number of aromatic nitrogens is 2. The highest BCUT2D eigenvalue weighted by atomic mass is 16.5. The minimum absolute atomic E-state index is 0.595. The summed E-state index contributed by atoms with van der Waals surface area (Å²) in [6, 6.07) is 54.7. The Hall–Kier alpha value is -5.54. The molecule has 6 aromatic carbocycles. The monoisotopic (exact) mass is 538 g/mol. The third kappa shape index (κ3) is 3.68. The Morgan fingerprint density at radius 1 is 0.476 bits per heavy atom. The molecule has 0 amide bonds. The van der Waals surface area contributed by atoms with Crippen LogP contribution in [0, 0.1) is 0 Å². The van der Waals surface area contributed by atoms with Gasteiger partial charge in [0.15, 0.2) is 5.82 Å². The van der Waals surface area contributed by atoms with Crippen LogP contribution in [0.25, 0.3) is 33.5 Å². The highest BCUT2D eigenvalue weighted by Gasteiger charge is 2.46. The van der Waals surface area contributed by atoms with Crippen molar-refractivity contribution < 1.29 is 4.74 Å². The predicted molar refractivity (Wildman–Crippen MR) is 169 cm³/mol. The van der Waals surface area contributed by atoms with E-state index in [0.717, 1.165) is 50.3 Å². The van der Waals surface area contributed by atoms with Crippen LogP contribution in [0.3, 0.4) is 0 Å². The second kappa shape index (κ2) is 9.83. The maximum Gasteiger partial charge on any atom is 0.164 e. The molecule has 3 nitrogen and oxygen atoms in total. The lowest BCUT2D eigenvalue weighted by molar-refractivity contribution is 0.436. The van der Waals surface area contributed by atoms with Crippen molar-refractivity contribution in [2.75, 3.05) is 0 Å². The fourth-order valence-corrected chi connectivity index (χ4v) is 6.42. The van der Waals surface area contributed by atoms with Gasteiger partial charge in [-0.15, -0.1) is 0 Å². The quantitative estimate of drug-likeness (QED) is 0.224. The van der Waals surface area contributed by atoms with Crippen LogP contribution in [0.4, 0.5) is 0 Å². The molecule has 0 atom stereocenters. The molecule has 0 aliphatic carbocycles. The van der Waals surface area contributed by atoms with Crippen LogP contribution >= 0.6 is 0 Å². The molecule has 0 radical (unpaired) electrons. The van der Waals surface area contributed by atoms with Crippen molar-refractivity contribution in [2.45, 2.75) is 5.41 Å². The number of benzene rings is 6. The van der Waals surface area contributed by atoms with Gasteiger partial charge in [0.2, 0.25) is 0 Å². The van der Waals surface area contributed by atoms with Crippen molar-refractivity contribution in [3.63, 3.8) is 0 Å². The maximum absolute atomic E-state index is 6.84. The van der Waals surface area contributed by atoms with Crippen molar-refractivity contribution in [2.24, 2.45) is 0 Å². The van der Waals surface area contributed by atoms with E-state index >= 15 is 0 Å². The van der Waals surface area contributed by atoms with Crippen molar-refractivity contribution in [3.05, 3.63) is 180 Å². The topological polar surface area (TPSA) is 35.0 Å². The molecular weight excluding hydrogens is 512 g/mol. The molecule has 7 aromatic rings. The van der Waals surface area contributed by atoms with Crippen LogP contribution < -0.4 is 4.74 Å². The van der Waals surface area contributed by atoms with Gasteiger partial charge < -0.3 is 4.74 Å². The van der Waals surface area contributed by atoms with E-state index in [-0.39, 0.29) is 0 Å². The van der Waals surface area contributed by atoms with Crippen LogP contribution in [0.1, 0.15) is 22.3 Å². The summed E-state index contributed by atoms with van der Waals surface area (Å²) in [5.41, 5.74) is 7.64. The second-order valence-electron chi connectivity index (χ2n) is 10.5. The zero-order valence-corrected chi connectivity index (χ0v) is 22.8. The van der Waals surface area contributed by atoms with Gasteiger partial charge in [-0.05, 0) is 29.3 Å². The van der Waals surface area contributed by atoms with Crippen LogP contribution in [0.5, 0.6) is 11.5 Å². The lowest BCUT2D eigenvalue weighted by atomic mass is 9.63. The van der Waals surface area contributed by atoms with Gasteiger partial charge in [0.25, 0.3) is 0 Å². The maximum atomic E-state index is 6.84. The molecule has 0 fully saturated rings. The molecule has 42 heavy (non-hydrogen) atoms. The Morgan fingerprint density at radius 2 is 1.07 bits per heavy atom. The summed E-state index contributed by atoms with van der Waals surface area (Å²) in [6.07, 6.45) is 0. The van der Waals surface area contributed by atoms with E-state index in [9.17, 15) is 0 Å². The molecule has 0 bridgehead atoms. The molecule has 0 saturated carbocycles. The van der Waals surface area contributed by atoms with E-state index in [1.165, 1.54) is 11.1 Å². The zero-order valence-electron chi connectivity index (χ0n) is 22.8. The molecule has 0 N–H and O–H groups in total. The SMILES string of the molecule is c1ccc(-c2nc(-c3cccc4c3Oc3ccccc3C4(c3ccccc3)c3ccccc3)nc3ccccc23)cc1. The lowest BCUT2D eigenvalue weighted by Gasteiger charge is -2.42. The Kier molecular flexibility index (Phi) is 5.68. The molecule has 1 aliphatic heterocycles. The largest absolute Gasteiger partial charge is 0.456 e. The van der Waals surface area contributed by atoms with Gasteiger partial charge in [-0.2, -0.15) is 0 Å². The van der Waals surface area contributed by atoms with Gasteiger partial charge in [0, 0.05) is 22.1 Å². The number of nitrogens with zero attached hydrogens (tertiary/aromatic N) is 2. The van der Waals surface area contributed by atoms with E-state index in [0.29, 0.717) is 5.82 Å². The second-order valence-corrected chi connectivity index (χ2v) is 10.5. The van der Waals surface area contributed by atoms with Crippen molar-refractivity contribution >= 4 is 10.9 Å². The average Bonchev–Trinajstić information content (AvgIpc) is 3.07. The summed E-state index contributed by atoms with van der Waals surface area (Å²) >= 11 is 0. The first kappa shape index (κ1) is 24.3. The van der Waals surface area contributed by atoms with E-state index in [2.05, 4.69) is 121 Å². The minimum atomic E-state index is -0.595. The summed E-state index contributed by atoms with van der Waals surface area (Å²) in [7, 11) is 0. The van der Waals surface area contributed by atoms with Crippen LogP contribution in [0.15, 0.2) is 158 Å². The first-order valence-corrected chi connectivity index (χ1v) is 14.2. The molecule has 1 aromatic heterocycles. The summed E-state index contributed by atoms with van der Waals surface area (Å²) in [5.74, 6) is 2.24. The number of hydrogen-bond acceptors (Lipinski definition) is 3. The van der Waals surface area contributed by atoms with Crippen molar-refractivity contribution in [1.82, 2.24) is 9.97 Å². The van der Waals surface area contributed by atoms with Crippen molar-refractivity contribution in [1.29, 1.82) is 0 Å². The Morgan fingerprint density at radius 3 is 1.81 bits per heavy atom. The van der Waals surface area contributed by atoms with Crippen LogP contribution in [-0.4, -0.2) is 9.97 Å². The van der Waals surface area contributed by atoms with E-state index in [4.69, 9.17) is 14.7 Å². The van der Waals surface area contributed by atoms with Gasteiger partial charge in [-0.1, -0.05) is 140 Å². The van der Waals surface area contributed by atoms with E-state index in [1.54, 1.807) is 0 Å². The summed E-state index contributed by atoms with van der Waals surface area (Å²) in [6.45, 7) is 0. The average molecular weight is 539 g/mol.